The summed E-state index contributed by atoms with van der Waals surface area (Å²) in [5.74, 6) is 0.361. The Morgan fingerprint density at radius 3 is 2.47 bits per heavy atom. The van der Waals surface area contributed by atoms with Gasteiger partial charge in [0.15, 0.2) is 0 Å². The summed E-state index contributed by atoms with van der Waals surface area (Å²) in [4.78, 5) is 0. The van der Waals surface area contributed by atoms with Gasteiger partial charge in [0.25, 0.3) is 0 Å². The van der Waals surface area contributed by atoms with E-state index in [1.165, 1.54) is 5.57 Å². The lowest BCUT2D eigenvalue weighted by Crippen LogP contribution is -2.53. The van der Waals surface area contributed by atoms with E-state index in [9.17, 15) is 10.2 Å². The van der Waals surface area contributed by atoms with Gasteiger partial charge in [-0.25, -0.2) is 0 Å². The fraction of sp³-hybridized carbons (Fsp3) is 0.867. The molecule has 2 heteroatoms. The summed E-state index contributed by atoms with van der Waals surface area (Å²) in [5, 5.41) is 21.8. The fourth-order valence-electron chi connectivity index (χ4n) is 5.27. The zero-order valence-electron chi connectivity index (χ0n) is 11.4. The molecule has 3 aliphatic carbocycles. The molecule has 4 atom stereocenters. The molecule has 0 aliphatic heterocycles. The van der Waals surface area contributed by atoms with Crippen LogP contribution in [0.1, 0.15) is 53.4 Å². The van der Waals surface area contributed by atoms with Crippen LogP contribution in [0.5, 0.6) is 0 Å². The van der Waals surface area contributed by atoms with Crippen molar-refractivity contribution in [2.75, 3.05) is 0 Å². The van der Waals surface area contributed by atoms with Crippen molar-refractivity contribution in [1.82, 2.24) is 0 Å². The van der Waals surface area contributed by atoms with Crippen molar-refractivity contribution in [3.8, 4) is 0 Å². The second kappa shape index (κ2) is 2.80. The van der Waals surface area contributed by atoms with Crippen LogP contribution in [0.4, 0.5) is 0 Å². The minimum absolute atomic E-state index is 0.225. The Bertz CT molecular complexity index is 407. The lowest BCUT2D eigenvalue weighted by molar-refractivity contribution is -0.129. The molecule has 0 radical (unpaired) electrons. The monoisotopic (exact) mass is 236 g/mol. The average Bonchev–Trinajstić information content (AvgIpc) is 2.64. The quantitative estimate of drug-likeness (QED) is 0.635. The molecule has 1 spiro atoms. The number of rotatable bonds is 0. The lowest BCUT2D eigenvalue weighted by atomic mass is 9.63. The molecule has 3 rings (SSSR count). The normalized spacial score (nSPS) is 55.6. The summed E-state index contributed by atoms with van der Waals surface area (Å²) >= 11 is 0. The Hall–Kier alpha value is -0.340. The Morgan fingerprint density at radius 2 is 1.82 bits per heavy atom. The maximum atomic E-state index is 11.0. The summed E-state index contributed by atoms with van der Waals surface area (Å²) < 4.78 is 0. The van der Waals surface area contributed by atoms with E-state index < -0.39 is 11.2 Å². The molecule has 0 amide bonds. The molecular weight excluding hydrogens is 212 g/mol. The van der Waals surface area contributed by atoms with Gasteiger partial charge in [0.05, 0.1) is 11.2 Å². The molecular formula is C15H24O2. The summed E-state index contributed by atoms with van der Waals surface area (Å²) in [5.41, 5.74) is -0.304. The first-order chi connectivity index (χ1) is 7.64. The van der Waals surface area contributed by atoms with E-state index in [0.29, 0.717) is 12.3 Å². The SMILES string of the molecule is CC1=C[C@@]2(O)CC[C@@](C)(O)[C@]23CC(C)(C)C[C@@H]13. The zero-order valence-corrected chi connectivity index (χ0v) is 11.4. The highest BCUT2D eigenvalue weighted by atomic mass is 16.3. The second-order valence-corrected chi connectivity index (χ2v) is 7.66. The van der Waals surface area contributed by atoms with Crippen molar-refractivity contribution in [3.63, 3.8) is 0 Å². The maximum absolute atomic E-state index is 11.0. The summed E-state index contributed by atoms with van der Waals surface area (Å²) in [7, 11) is 0. The first-order valence-corrected chi connectivity index (χ1v) is 6.78. The van der Waals surface area contributed by atoms with E-state index in [1.807, 2.05) is 13.0 Å². The van der Waals surface area contributed by atoms with Crippen LogP contribution in [0, 0.1) is 16.7 Å². The topological polar surface area (TPSA) is 40.5 Å². The van der Waals surface area contributed by atoms with Gasteiger partial charge in [0.2, 0.25) is 0 Å². The number of hydrogen-bond donors (Lipinski definition) is 2. The zero-order chi connectivity index (χ0) is 12.7. The van der Waals surface area contributed by atoms with Gasteiger partial charge in [-0.15, -0.1) is 0 Å². The molecule has 0 bridgehead atoms. The predicted molar refractivity (Wildman–Crippen MR) is 67.5 cm³/mol. The number of hydrogen-bond acceptors (Lipinski definition) is 2. The van der Waals surface area contributed by atoms with Crippen LogP contribution in [0.25, 0.3) is 0 Å². The van der Waals surface area contributed by atoms with Crippen LogP contribution in [0.2, 0.25) is 0 Å². The van der Waals surface area contributed by atoms with Gasteiger partial charge in [-0.05, 0) is 50.9 Å². The van der Waals surface area contributed by atoms with Crippen LogP contribution in [0.3, 0.4) is 0 Å². The summed E-state index contributed by atoms with van der Waals surface area (Å²) in [6.45, 7) is 8.59. The summed E-state index contributed by atoms with van der Waals surface area (Å²) in [6, 6.07) is 0. The molecule has 3 aliphatic rings. The van der Waals surface area contributed by atoms with Gasteiger partial charge < -0.3 is 10.2 Å². The highest BCUT2D eigenvalue weighted by Crippen LogP contribution is 2.72. The third-order valence-corrected chi connectivity index (χ3v) is 5.85. The van der Waals surface area contributed by atoms with Crippen LogP contribution in [-0.2, 0) is 0 Å². The van der Waals surface area contributed by atoms with E-state index >= 15 is 0 Å². The molecule has 0 aromatic rings. The van der Waals surface area contributed by atoms with Crippen molar-refractivity contribution in [2.24, 2.45) is 16.7 Å². The first kappa shape index (κ1) is 11.7. The molecule has 0 aromatic heterocycles. The number of allylic oxidation sites excluding steroid dienone is 1. The molecule has 2 fully saturated rings. The van der Waals surface area contributed by atoms with Gasteiger partial charge in [-0.2, -0.15) is 0 Å². The minimum Gasteiger partial charge on any atom is -0.389 e. The Morgan fingerprint density at radius 1 is 1.18 bits per heavy atom. The number of aliphatic hydroxyl groups is 2. The van der Waals surface area contributed by atoms with Crippen molar-refractivity contribution in [3.05, 3.63) is 11.6 Å². The minimum atomic E-state index is -0.765. The van der Waals surface area contributed by atoms with E-state index in [0.717, 1.165) is 19.3 Å². The lowest BCUT2D eigenvalue weighted by Gasteiger charge is -2.45. The second-order valence-electron chi connectivity index (χ2n) is 7.66. The Kier molecular flexibility index (Phi) is 1.93. The van der Waals surface area contributed by atoms with Crippen molar-refractivity contribution in [1.29, 1.82) is 0 Å². The van der Waals surface area contributed by atoms with Crippen LogP contribution in [-0.4, -0.2) is 21.4 Å². The van der Waals surface area contributed by atoms with E-state index in [2.05, 4.69) is 20.8 Å². The predicted octanol–water partition coefficient (Wildman–Crippen LogP) is 2.64. The first-order valence-electron chi connectivity index (χ1n) is 6.78. The van der Waals surface area contributed by atoms with Gasteiger partial charge in [-0.3, -0.25) is 0 Å². The maximum Gasteiger partial charge on any atom is 0.0920 e. The van der Waals surface area contributed by atoms with Crippen molar-refractivity contribution >= 4 is 0 Å². The average molecular weight is 236 g/mol. The highest BCUT2D eigenvalue weighted by Gasteiger charge is 2.73. The molecule has 2 nitrogen and oxygen atoms in total. The molecule has 2 saturated carbocycles. The van der Waals surface area contributed by atoms with Gasteiger partial charge in [0.1, 0.15) is 0 Å². The molecule has 0 aromatic carbocycles. The smallest absolute Gasteiger partial charge is 0.0920 e. The van der Waals surface area contributed by atoms with Crippen LogP contribution >= 0.6 is 0 Å². The molecule has 17 heavy (non-hydrogen) atoms. The van der Waals surface area contributed by atoms with Crippen LogP contribution < -0.4 is 0 Å². The van der Waals surface area contributed by atoms with Crippen molar-refractivity contribution < 1.29 is 10.2 Å². The van der Waals surface area contributed by atoms with Crippen molar-refractivity contribution in [2.45, 2.75) is 64.6 Å². The van der Waals surface area contributed by atoms with Gasteiger partial charge in [-0.1, -0.05) is 25.5 Å². The molecule has 96 valence electrons. The van der Waals surface area contributed by atoms with Gasteiger partial charge in [0, 0.05) is 5.41 Å². The third kappa shape index (κ3) is 1.14. The molecule has 0 heterocycles. The Balaban J connectivity index is 2.19. The van der Waals surface area contributed by atoms with Gasteiger partial charge >= 0.3 is 0 Å². The largest absolute Gasteiger partial charge is 0.389 e. The van der Waals surface area contributed by atoms with Crippen LogP contribution in [0.15, 0.2) is 11.6 Å². The summed E-state index contributed by atoms with van der Waals surface area (Å²) in [6.07, 6.45) is 5.51. The Labute approximate surface area is 104 Å². The highest BCUT2D eigenvalue weighted by molar-refractivity contribution is 5.38. The van der Waals surface area contributed by atoms with E-state index in [-0.39, 0.29) is 10.8 Å². The fourth-order valence-corrected chi connectivity index (χ4v) is 5.27. The third-order valence-electron chi connectivity index (χ3n) is 5.85. The van der Waals surface area contributed by atoms with E-state index in [4.69, 9.17) is 0 Å². The molecule has 2 N–H and O–H groups in total. The van der Waals surface area contributed by atoms with E-state index in [1.54, 1.807) is 0 Å². The molecule has 0 saturated heterocycles. The standard InChI is InChI=1S/C15H24O2/c1-10-7-14(17)6-5-13(4,16)15(14)9-12(2,3)8-11(10)15/h7,11,16-17H,5-6,8-9H2,1-4H3/t11-,13+,14-,15+/m0/s1. The molecule has 0 unspecified atom stereocenters.